The van der Waals surface area contributed by atoms with Crippen molar-refractivity contribution in [2.45, 2.75) is 6.92 Å². The van der Waals surface area contributed by atoms with Gasteiger partial charge in [-0.05, 0) is 31.2 Å². The molecule has 0 saturated heterocycles. The summed E-state index contributed by atoms with van der Waals surface area (Å²) in [5.41, 5.74) is 0.911. The molecule has 1 aromatic carbocycles. The maximum Gasteiger partial charge on any atom is 0.251 e. The smallest absolute Gasteiger partial charge is 0.251 e. The van der Waals surface area contributed by atoms with Crippen LogP contribution < -0.4 is 9.64 Å². The number of hydrogen-bond donors (Lipinski definition) is 0. The van der Waals surface area contributed by atoms with Gasteiger partial charge in [0.1, 0.15) is 5.75 Å². The molecule has 0 aromatic heterocycles. The molecule has 0 fully saturated rings. The fourth-order valence-electron chi connectivity index (χ4n) is 1.56. The maximum absolute atomic E-state index is 11.4. The third-order valence-electron chi connectivity index (χ3n) is 2.27. The molecular formula is C12H13NO2. The molecule has 0 bridgehead atoms. The van der Waals surface area contributed by atoms with Crippen LogP contribution in [-0.2, 0) is 4.79 Å². The Morgan fingerprint density at radius 2 is 2.07 bits per heavy atom. The Kier molecular flexibility index (Phi) is 2.72. The average Bonchev–Trinajstić information content (AvgIpc) is 2.66. The molecule has 0 radical (unpaired) electrons. The zero-order chi connectivity index (χ0) is 10.7. The number of anilines is 1. The molecule has 3 heteroatoms. The minimum atomic E-state index is 0.0409. The lowest BCUT2D eigenvalue weighted by atomic mass is 10.3. The normalized spacial score (nSPS) is 14.7. The molecule has 0 aliphatic carbocycles. The predicted molar refractivity (Wildman–Crippen MR) is 59.1 cm³/mol. The summed E-state index contributed by atoms with van der Waals surface area (Å²) in [6.07, 6.45) is 3.45. The van der Waals surface area contributed by atoms with E-state index in [0.717, 1.165) is 11.4 Å². The summed E-state index contributed by atoms with van der Waals surface area (Å²) in [5, 5.41) is 0. The molecule has 1 aromatic rings. The number of benzene rings is 1. The third kappa shape index (κ3) is 2.01. The zero-order valence-corrected chi connectivity index (χ0v) is 8.64. The van der Waals surface area contributed by atoms with Gasteiger partial charge < -0.3 is 9.64 Å². The van der Waals surface area contributed by atoms with Gasteiger partial charge in [0.25, 0.3) is 5.91 Å². The average molecular weight is 203 g/mol. The van der Waals surface area contributed by atoms with Crippen molar-refractivity contribution >= 4 is 11.6 Å². The molecule has 15 heavy (non-hydrogen) atoms. The van der Waals surface area contributed by atoms with Gasteiger partial charge in [-0.25, -0.2) is 0 Å². The predicted octanol–water partition coefficient (Wildman–Crippen LogP) is 1.99. The minimum Gasteiger partial charge on any atom is -0.494 e. The van der Waals surface area contributed by atoms with Gasteiger partial charge in [-0.15, -0.1) is 0 Å². The fraction of sp³-hybridized carbons (Fsp3) is 0.250. The first-order chi connectivity index (χ1) is 7.31. The highest BCUT2D eigenvalue weighted by Crippen LogP contribution is 2.21. The molecule has 0 unspecified atom stereocenters. The molecular weight excluding hydrogens is 190 g/mol. The van der Waals surface area contributed by atoms with Crippen molar-refractivity contribution in [2.75, 3.05) is 18.1 Å². The Bertz CT molecular complexity index is 381. The number of carbonyl (C=O) groups excluding carboxylic acids is 1. The molecule has 1 amide bonds. The first-order valence-corrected chi connectivity index (χ1v) is 5.02. The van der Waals surface area contributed by atoms with Crippen LogP contribution in [0.3, 0.4) is 0 Å². The Labute approximate surface area is 89.0 Å². The quantitative estimate of drug-likeness (QED) is 0.751. The van der Waals surface area contributed by atoms with E-state index in [9.17, 15) is 4.79 Å². The van der Waals surface area contributed by atoms with Gasteiger partial charge in [-0.1, -0.05) is 6.08 Å². The number of amides is 1. The van der Waals surface area contributed by atoms with Crippen molar-refractivity contribution in [3.05, 3.63) is 36.4 Å². The Balaban J connectivity index is 2.13. The summed E-state index contributed by atoms with van der Waals surface area (Å²) in [6.45, 7) is 3.26. The molecule has 0 spiro atoms. The Morgan fingerprint density at radius 1 is 1.33 bits per heavy atom. The molecule has 0 atom stereocenters. The second-order valence-corrected chi connectivity index (χ2v) is 3.28. The summed E-state index contributed by atoms with van der Waals surface area (Å²) in [5.74, 6) is 0.875. The summed E-state index contributed by atoms with van der Waals surface area (Å²) < 4.78 is 5.33. The topological polar surface area (TPSA) is 29.5 Å². The molecule has 0 N–H and O–H groups in total. The van der Waals surface area contributed by atoms with E-state index in [-0.39, 0.29) is 5.91 Å². The summed E-state index contributed by atoms with van der Waals surface area (Å²) in [6, 6.07) is 7.56. The van der Waals surface area contributed by atoms with Crippen molar-refractivity contribution in [3.63, 3.8) is 0 Å². The van der Waals surface area contributed by atoms with Gasteiger partial charge in [-0.3, -0.25) is 4.79 Å². The van der Waals surface area contributed by atoms with E-state index in [4.69, 9.17) is 4.74 Å². The molecule has 1 aliphatic heterocycles. The van der Waals surface area contributed by atoms with Crippen molar-refractivity contribution in [3.8, 4) is 5.75 Å². The number of ether oxygens (including phenoxy) is 1. The number of rotatable bonds is 3. The largest absolute Gasteiger partial charge is 0.494 e. The van der Waals surface area contributed by atoms with E-state index in [1.165, 1.54) is 0 Å². The van der Waals surface area contributed by atoms with E-state index in [2.05, 4.69) is 0 Å². The van der Waals surface area contributed by atoms with E-state index in [1.807, 2.05) is 37.3 Å². The molecule has 3 nitrogen and oxygen atoms in total. The first-order valence-electron chi connectivity index (χ1n) is 5.02. The lowest BCUT2D eigenvalue weighted by molar-refractivity contribution is -0.113. The lowest BCUT2D eigenvalue weighted by Gasteiger charge is -2.15. The van der Waals surface area contributed by atoms with E-state index >= 15 is 0 Å². The van der Waals surface area contributed by atoms with Gasteiger partial charge in [-0.2, -0.15) is 0 Å². The van der Waals surface area contributed by atoms with Crippen LogP contribution in [-0.4, -0.2) is 19.1 Å². The zero-order valence-electron chi connectivity index (χ0n) is 8.64. The monoisotopic (exact) mass is 203 g/mol. The SMILES string of the molecule is CCOc1ccc(N2CC=CC2=O)cc1. The standard InChI is InChI=1S/C12H13NO2/c1-2-15-11-7-5-10(6-8-11)13-9-3-4-12(13)14/h3-8H,2,9H2,1H3. The molecule has 2 rings (SSSR count). The highest BCUT2D eigenvalue weighted by Gasteiger charge is 2.15. The van der Waals surface area contributed by atoms with Gasteiger partial charge in [0.2, 0.25) is 0 Å². The number of carbonyl (C=O) groups is 1. The highest BCUT2D eigenvalue weighted by atomic mass is 16.5. The Hall–Kier alpha value is -1.77. The summed E-state index contributed by atoms with van der Waals surface area (Å²) >= 11 is 0. The van der Waals surface area contributed by atoms with Crippen LogP contribution in [0, 0.1) is 0 Å². The second kappa shape index (κ2) is 4.17. The third-order valence-corrected chi connectivity index (χ3v) is 2.27. The van der Waals surface area contributed by atoms with Crippen LogP contribution in [0.5, 0.6) is 5.75 Å². The van der Waals surface area contributed by atoms with Crippen LogP contribution in [0.2, 0.25) is 0 Å². The summed E-state index contributed by atoms with van der Waals surface area (Å²) in [4.78, 5) is 13.1. The van der Waals surface area contributed by atoms with Gasteiger partial charge in [0, 0.05) is 18.3 Å². The molecule has 1 heterocycles. The molecule has 78 valence electrons. The summed E-state index contributed by atoms with van der Waals surface area (Å²) in [7, 11) is 0. The van der Waals surface area contributed by atoms with E-state index in [0.29, 0.717) is 13.2 Å². The second-order valence-electron chi connectivity index (χ2n) is 3.28. The minimum absolute atomic E-state index is 0.0409. The molecule has 1 aliphatic rings. The van der Waals surface area contributed by atoms with Crippen molar-refractivity contribution in [1.82, 2.24) is 0 Å². The number of hydrogen-bond acceptors (Lipinski definition) is 2. The maximum atomic E-state index is 11.4. The van der Waals surface area contributed by atoms with E-state index < -0.39 is 0 Å². The van der Waals surface area contributed by atoms with Gasteiger partial charge in [0.15, 0.2) is 0 Å². The van der Waals surface area contributed by atoms with Crippen molar-refractivity contribution < 1.29 is 9.53 Å². The highest BCUT2D eigenvalue weighted by molar-refractivity contribution is 6.04. The van der Waals surface area contributed by atoms with Gasteiger partial charge in [0.05, 0.1) is 6.61 Å². The lowest BCUT2D eigenvalue weighted by Crippen LogP contribution is -2.24. The van der Waals surface area contributed by atoms with E-state index in [1.54, 1.807) is 11.0 Å². The van der Waals surface area contributed by atoms with Crippen molar-refractivity contribution in [1.29, 1.82) is 0 Å². The number of nitrogens with zero attached hydrogens (tertiary/aromatic N) is 1. The van der Waals surface area contributed by atoms with Crippen LogP contribution in [0.15, 0.2) is 36.4 Å². The van der Waals surface area contributed by atoms with Crippen LogP contribution in [0.25, 0.3) is 0 Å². The Morgan fingerprint density at radius 3 is 2.60 bits per heavy atom. The van der Waals surface area contributed by atoms with Gasteiger partial charge >= 0.3 is 0 Å². The van der Waals surface area contributed by atoms with Crippen molar-refractivity contribution in [2.24, 2.45) is 0 Å². The first kappa shape index (κ1) is 9.77. The van der Waals surface area contributed by atoms with Crippen LogP contribution in [0.1, 0.15) is 6.92 Å². The fourth-order valence-corrected chi connectivity index (χ4v) is 1.56. The molecule has 0 saturated carbocycles. The van der Waals surface area contributed by atoms with Crippen LogP contribution >= 0.6 is 0 Å². The van der Waals surface area contributed by atoms with Crippen LogP contribution in [0.4, 0.5) is 5.69 Å².